The summed E-state index contributed by atoms with van der Waals surface area (Å²) in [5, 5.41) is 3.06. The minimum Gasteiger partial charge on any atom is -0.497 e. The highest BCUT2D eigenvalue weighted by Gasteiger charge is 2.34. The molecule has 3 rings (SSSR count). The Labute approximate surface area is 245 Å². The second kappa shape index (κ2) is 13.9. The zero-order valence-corrected chi connectivity index (χ0v) is 25.1. The first kappa shape index (κ1) is 31.3. The van der Waals surface area contributed by atoms with E-state index in [1.54, 1.807) is 24.3 Å². The summed E-state index contributed by atoms with van der Waals surface area (Å²) < 4.78 is 32.0. The summed E-state index contributed by atoms with van der Waals surface area (Å²) in [6.07, 6.45) is 1.20. The highest BCUT2D eigenvalue weighted by atomic mass is 35.5. The van der Waals surface area contributed by atoms with Crippen LogP contribution < -0.4 is 14.4 Å². The number of nitrogens with one attached hydrogen (secondary N) is 1. The molecule has 40 heavy (non-hydrogen) atoms. The van der Waals surface area contributed by atoms with Crippen LogP contribution >= 0.6 is 23.2 Å². The van der Waals surface area contributed by atoms with Gasteiger partial charge in [-0.05, 0) is 49.2 Å². The summed E-state index contributed by atoms with van der Waals surface area (Å²) in [6.45, 7) is 3.10. The molecule has 1 N–H and O–H groups in total. The summed E-state index contributed by atoms with van der Waals surface area (Å²) in [7, 11) is -2.43. The maximum atomic E-state index is 14.1. The zero-order valence-electron chi connectivity index (χ0n) is 22.8. The van der Waals surface area contributed by atoms with Gasteiger partial charge in [-0.2, -0.15) is 0 Å². The van der Waals surface area contributed by atoms with Gasteiger partial charge in [0, 0.05) is 19.0 Å². The molecule has 0 aromatic heterocycles. The molecule has 0 aliphatic carbocycles. The van der Waals surface area contributed by atoms with Gasteiger partial charge in [-0.1, -0.05) is 71.7 Å². The molecule has 2 amide bonds. The Hall–Kier alpha value is -3.27. The predicted molar refractivity (Wildman–Crippen MR) is 159 cm³/mol. The van der Waals surface area contributed by atoms with Crippen LogP contribution in [-0.2, 0) is 32.6 Å². The Morgan fingerprint density at radius 2 is 1.60 bits per heavy atom. The van der Waals surface area contributed by atoms with Gasteiger partial charge in [0.2, 0.25) is 21.8 Å². The van der Waals surface area contributed by atoms with Crippen molar-refractivity contribution in [3.05, 3.63) is 94.0 Å². The molecule has 0 bridgehead atoms. The van der Waals surface area contributed by atoms with Gasteiger partial charge in [-0.25, -0.2) is 8.42 Å². The van der Waals surface area contributed by atoms with Gasteiger partial charge in [0.1, 0.15) is 18.3 Å². The topological polar surface area (TPSA) is 96.0 Å². The molecule has 0 radical (unpaired) electrons. The minimum absolute atomic E-state index is 0.000115. The number of carbonyl (C=O) groups excluding carboxylic acids is 2. The number of anilines is 1. The molecule has 0 aliphatic heterocycles. The van der Waals surface area contributed by atoms with Crippen molar-refractivity contribution in [2.75, 3.05) is 24.2 Å². The summed E-state index contributed by atoms with van der Waals surface area (Å²) in [5.74, 6) is -0.370. The van der Waals surface area contributed by atoms with E-state index in [-0.39, 0.29) is 40.6 Å². The molecule has 3 aromatic rings. The molecule has 8 nitrogen and oxygen atoms in total. The number of halogens is 2. The van der Waals surface area contributed by atoms with Crippen LogP contribution in [0.3, 0.4) is 0 Å². The molecule has 0 aliphatic rings. The van der Waals surface area contributed by atoms with Crippen molar-refractivity contribution in [2.45, 2.75) is 38.9 Å². The molecule has 1 atom stereocenters. The third-order valence-corrected chi connectivity index (χ3v) is 8.00. The van der Waals surface area contributed by atoms with Gasteiger partial charge < -0.3 is 15.0 Å². The van der Waals surface area contributed by atoms with E-state index in [0.717, 1.165) is 16.1 Å². The molecule has 0 spiro atoms. The van der Waals surface area contributed by atoms with Gasteiger partial charge in [0.05, 0.1) is 29.1 Å². The van der Waals surface area contributed by atoms with Crippen LogP contribution in [0, 0.1) is 0 Å². The fourth-order valence-electron chi connectivity index (χ4n) is 4.18. The van der Waals surface area contributed by atoms with E-state index in [0.29, 0.717) is 11.3 Å². The van der Waals surface area contributed by atoms with E-state index in [1.165, 1.54) is 24.1 Å². The van der Waals surface area contributed by atoms with Crippen LogP contribution in [0.1, 0.15) is 25.0 Å². The summed E-state index contributed by atoms with van der Waals surface area (Å²) >= 11 is 12.5. The number of carbonyl (C=O) groups is 2. The van der Waals surface area contributed by atoms with Gasteiger partial charge >= 0.3 is 0 Å². The maximum Gasteiger partial charge on any atom is 0.244 e. The Morgan fingerprint density at radius 3 is 2.23 bits per heavy atom. The third-order valence-electron chi connectivity index (χ3n) is 6.07. The first-order chi connectivity index (χ1) is 18.9. The summed E-state index contributed by atoms with van der Waals surface area (Å²) in [4.78, 5) is 29.1. The quantitative estimate of drug-likeness (QED) is 0.316. The lowest BCUT2D eigenvalue weighted by Crippen LogP contribution is -2.54. The molecule has 0 fully saturated rings. The molecule has 11 heteroatoms. The van der Waals surface area contributed by atoms with Crippen LogP contribution in [0.2, 0.25) is 10.0 Å². The molecule has 0 saturated heterocycles. The number of sulfonamides is 1. The van der Waals surface area contributed by atoms with Crippen molar-refractivity contribution >= 4 is 50.7 Å². The summed E-state index contributed by atoms with van der Waals surface area (Å²) in [5.41, 5.74) is 1.61. The molecule has 3 aromatic carbocycles. The smallest absolute Gasteiger partial charge is 0.244 e. The van der Waals surface area contributed by atoms with Gasteiger partial charge in [-0.15, -0.1) is 0 Å². The Balaban J connectivity index is 2.10. The predicted octanol–water partition coefficient (Wildman–Crippen LogP) is 4.93. The van der Waals surface area contributed by atoms with Crippen LogP contribution in [0.15, 0.2) is 72.8 Å². The van der Waals surface area contributed by atoms with E-state index in [2.05, 4.69) is 5.32 Å². The van der Waals surface area contributed by atoms with Crippen molar-refractivity contribution in [1.29, 1.82) is 0 Å². The van der Waals surface area contributed by atoms with E-state index in [9.17, 15) is 18.0 Å². The van der Waals surface area contributed by atoms with E-state index >= 15 is 0 Å². The first-order valence-electron chi connectivity index (χ1n) is 12.6. The monoisotopic (exact) mass is 605 g/mol. The fourth-order valence-corrected chi connectivity index (χ4v) is 5.48. The van der Waals surface area contributed by atoms with Crippen LogP contribution in [0.5, 0.6) is 5.75 Å². The van der Waals surface area contributed by atoms with Crippen molar-refractivity contribution in [3.8, 4) is 5.75 Å². The third kappa shape index (κ3) is 8.36. The van der Waals surface area contributed by atoms with Crippen molar-refractivity contribution in [1.82, 2.24) is 10.2 Å². The van der Waals surface area contributed by atoms with Gasteiger partial charge in [-0.3, -0.25) is 13.9 Å². The summed E-state index contributed by atoms with van der Waals surface area (Å²) in [6, 6.07) is 19.9. The van der Waals surface area contributed by atoms with Gasteiger partial charge in [0.15, 0.2) is 0 Å². The molecular weight excluding hydrogens is 573 g/mol. The lowest BCUT2D eigenvalue weighted by molar-refractivity contribution is -0.140. The molecule has 1 unspecified atom stereocenters. The standard InChI is InChI=1S/C29H33Cl2N3O5S/c1-20(2)32-29(36)26(17-21-10-6-5-7-11-21)33(18-22-12-8-13-23(16-22)39-3)27(35)19-34(40(4,37)38)25-15-9-14-24(30)28(25)31/h5-16,20,26H,17-19H2,1-4H3,(H,32,36). The molecule has 0 heterocycles. The normalized spacial score (nSPS) is 12.1. The van der Waals surface area contributed by atoms with Gasteiger partial charge in [0.25, 0.3) is 0 Å². The largest absolute Gasteiger partial charge is 0.497 e. The average molecular weight is 607 g/mol. The number of amides is 2. The molecule has 0 saturated carbocycles. The number of rotatable bonds is 12. The number of hydrogen-bond donors (Lipinski definition) is 1. The van der Waals surface area contributed by atoms with E-state index < -0.39 is 28.5 Å². The molecular formula is C29H33Cl2N3O5S. The zero-order chi connectivity index (χ0) is 29.4. The lowest BCUT2D eigenvalue weighted by Gasteiger charge is -2.34. The highest BCUT2D eigenvalue weighted by Crippen LogP contribution is 2.34. The van der Waals surface area contributed by atoms with E-state index in [1.807, 2.05) is 50.2 Å². The Morgan fingerprint density at radius 1 is 0.950 bits per heavy atom. The van der Waals surface area contributed by atoms with Crippen LogP contribution in [0.25, 0.3) is 0 Å². The van der Waals surface area contributed by atoms with Crippen molar-refractivity contribution < 1.29 is 22.7 Å². The number of nitrogens with zero attached hydrogens (tertiary/aromatic N) is 2. The SMILES string of the molecule is COc1cccc(CN(C(=O)CN(c2cccc(Cl)c2Cl)S(C)(=O)=O)C(Cc2ccccc2)C(=O)NC(C)C)c1. The first-order valence-corrected chi connectivity index (χ1v) is 15.2. The highest BCUT2D eigenvalue weighted by molar-refractivity contribution is 7.92. The Bertz CT molecular complexity index is 1430. The number of hydrogen-bond acceptors (Lipinski definition) is 5. The minimum atomic E-state index is -3.97. The molecule has 214 valence electrons. The number of methoxy groups -OCH3 is 1. The number of benzene rings is 3. The van der Waals surface area contributed by atoms with E-state index in [4.69, 9.17) is 27.9 Å². The fraction of sp³-hybridized carbons (Fsp3) is 0.310. The number of ether oxygens (including phenoxy) is 1. The average Bonchev–Trinajstić information content (AvgIpc) is 2.90. The van der Waals surface area contributed by atoms with Crippen molar-refractivity contribution in [2.24, 2.45) is 0 Å². The second-order valence-electron chi connectivity index (χ2n) is 9.58. The van der Waals surface area contributed by atoms with Crippen molar-refractivity contribution in [3.63, 3.8) is 0 Å². The Kier molecular flexibility index (Phi) is 10.8. The maximum absolute atomic E-state index is 14.1. The second-order valence-corrected chi connectivity index (χ2v) is 12.3. The lowest BCUT2D eigenvalue weighted by atomic mass is 10.0. The van der Waals surface area contributed by atoms with Crippen LogP contribution in [-0.4, -0.2) is 57.1 Å². The van der Waals surface area contributed by atoms with Crippen LogP contribution in [0.4, 0.5) is 5.69 Å².